The first kappa shape index (κ1) is 9.99. The first-order chi connectivity index (χ1) is 6.83. The second-order valence-electron chi connectivity index (χ2n) is 3.29. The van der Waals surface area contributed by atoms with E-state index in [1.54, 1.807) is 0 Å². The van der Waals surface area contributed by atoms with Gasteiger partial charge in [0.05, 0.1) is 5.88 Å². The fraction of sp³-hybridized carbons (Fsp3) is 0.556. The maximum atomic E-state index is 5.95. The molecule has 14 heavy (non-hydrogen) atoms. The van der Waals surface area contributed by atoms with Gasteiger partial charge in [0.25, 0.3) is 0 Å². The van der Waals surface area contributed by atoms with E-state index in [0.717, 1.165) is 24.5 Å². The largest absolute Gasteiger partial charge is 0.356 e. The van der Waals surface area contributed by atoms with E-state index in [1.807, 2.05) is 0 Å². The van der Waals surface area contributed by atoms with Crippen molar-refractivity contribution in [3.05, 3.63) is 17.0 Å². The van der Waals surface area contributed by atoms with Crippen LogP contribution in [0.25, 0.3) is 0 Å². The summed E-state index contributed by atoms with van der Waals surface area (Å²) in [7, 11) is 0. The van der Waals surface area contributed by atoms with Crippen LogP contribution < -0.4 is 4.90 Å². The van der Waals surface area contributed by atoms with E-state index in [2.05, 4.69) is 14.9 Å². The molecule has 5 heteroatoms. The topological polar surface area (TPSA) is 29.0 Å². The van der Waals surface area contributed by atoms with Crippen LogP contribution in [0.15, 0.2) is 6.33 Å². The van der Waals surface area contributed by atoms with E-state index in [1.165, 1.54) is 19.2 Å². The van der Waals surface area contributed by atoms with Crippen molar-refractivity contribution >= 4 is 29.0 Å². The number of aromatic nitrogens is 2. The molecule has 1 fully saturated rings. The van der Waals surface area contributed by atoms with Gasteiger partial charge < -0.3 is 4.90 Å². The van der Waals surface area contributed by atoms with E-state index in [4.69, 9.17) is 23.2 Å². The van der Waals surface area contributed by atoms with Crippen molar-refractivity contribution in [2.75, 3.05) is 18.0 Å². The van der Waals surface area contributed by atoms with Crippen LogP contribution in [0.2, 0.25) is 5.15 Å². The monoisotopic (exact) mass is 231 g/mol. The van der Waals surface area contributed by atoms with Crippen molar-refractivity contribution in [3.63, 3.8) is 0 Å². The lowest BCUT2D eigenvalue weighted by atomic mass is 10.3. The summed E-state index contributed by atoms with van der Waals surface area (Å²) in [5, 5.41) is 0.469. The molecule has 3 nitrogen and oxygen atoms in total. The van der Waals surface area contributed by atoms with Crippen LogP contribution in [0.4, 0.5) is 5.82 Å². The predicted molar refractivity (Wildman–Crippen MR) is 58.0 cm³/mol. The minimum absolute atomic E-state index is 0.367. The fourth-order valence-electron chi connectivity index (χ4n) is 1.70. The van der Waals surface area contributed by atoms with E-state index >= 15 is 0 Å². The first-order valence-electron chi connectivity index (χ1n) is 4.63. The molecular weight excluding hydrogens is 221 g/mol. The number of hydrogen-bond donors (Lipinski definition) is 0. The highest BCUT2D eigenvalue weighted by molar-refractivity contribution is 6.31. The lowest BCUT2D eigenvalue weighted by Crippen LogP contribution is -2.20. The van der Waals surface area contributed by atoms with Gasteiger partial charge in [0, 0.05) is 18.7 Å². The Bertz CT molecular complexity index is 324. The Kier molecular flexibility index (Phi) is 3.08. The van der Waals surface area contributed by atoms with E-state index < -0.39 is 0 Å². The molecule has 1 aromatic heterocycles. The summed E-state index contributed by atoms with van der Waals surface area (Å²) in [5.74, 6) is 1.27. The lowest BCUT2D eigenvalue weighted by Gasteiger charge is -2.18. The number of alkyl halides is 1. The normalized spacial score (nSPS) is 16.3. The summed E-state index contributed by atoms with van der Waals surface area (Å²) in [6, 6.07) is 0. The third-order valence-corrected chi connectivity index (χ3v) is 3.00. The fourth-order valence-corrected chi connectivity index (χ4v) is 2.21. The van der Waals surface area contributed by atoms with Gasteiger partial charge in [-0.05, 0) is 12.8 Å². The number of nitrogens with zero attached hydrogens (tertiary/aromatic N) is 3. The highest BCUT2D eigenvalue weighted by Gasteiger charge is 2.18. The molecule has 0 aliphatic carbocycles. The minimum atomic E-state index is 0.367. The molecule has 1 aliphatic heterocycles. The van der Waals surface area contributed by atoms with Crippen LogP contribution in [0, 0.1) is 0 Å². The Balaban J connectivity index is 2.35. The standard InChI is InChI=1S/C9H11Cl2N3/c10-5-7-8(11)12-6-13-9(7)14-3-1-2-4-14/h6H,1-5H2. The highest BCUT2D eigenvalue weighted by Crippen LogP contribution is 2.27. The van der Waals surface area contributed by atoms with Gasteiger partial charge in [0.1, 0.15) is 17.3 Å². The Morgan fingerprint density at radius 2 is 2.00 bits per heavy atom. The smallest absolute Gasteiger partial charge is 0.138 e. The molecule has 1 saturated heterocycles. The number of anilines is 1. The second-order valence-corrected chi connectivity index (χ2v) is 3.92. The molecule has 0 aromatic carbocycles. The van der Waals surface area contributed by atoms with Crippen molar-refractivity contribution < 1.29 is 0 Å². The van der Waals surface area contributed by atoms with Crippen molar-refractivity contribution in [3.8, 4) is 0 Å². The molecule has 0 atom stereocenters. The average Bonchev–Trinajstić information content (AvgIpc) is 2.70. The van der Waals surface area contributed by atoms with E-state index in [0.29, 0.717) is 11.0 Å². The molecule has 0 saturated carbocycles. The van der Waals surface area contributed by atoms with Gasteiger partial charge in [0.15, 0.2) is 0 Å². The maximum Gasteiger partial charge on any atom is 0.138 e. The molecular formula is C9H11Cl2N3. The summed E-state index contributed by atoms with van der Waals surface area (Å²) in [6.45, 7) is 2.08. The quantitative estimate of drug-likeness (QED) is 0.579. The molecule has 0 radical (unpaired) electrons. The van der Waals surface area contributed by atoms with Crippen molar-refractivity contribution in [2.45, 2.75) is 18.7 Å². The van der Waals surface area contributed by atoms with Crippen LogP contribution in [-0.2, 0) is 5.88 Å². The van der Waals surface area contributed by atoms with Gasteiger partial charge in [-0.15, -0.1) is 11.6 Å². The second kappa shape index (κ2) is 4.32. The first-order valence-corrected chi connectivity index (χ1v) is 5.54. The molecule has 0 bridgehead atoms. The van der Waals surface area contributed by atoms with Gasteiger partial charge >= 0.3 is 0 Å². The zero-order valence-corrected chi connectivity index (χ0v) is 9.22. The van der Waals surface area contributed by atoms with E-state index in [-0.39, 0.29) is 0 Å². The molecule has 2 heterocycles. The van der Waals surface area contributed by atoms with Crippen LogP contribution in [0.5, 0.6) is 0 Å². The summed E-state index contributed by atoms with van der Waals surface area (Å²) in [6.07, 6.45) is 3.92. The molecule has 0 amide bonds. The Hall–Kier alpha value is -0.540. The van der Waals surface area contributed by atoms with Crippen molar-refractivity contribution in [2.24, 2.45) is 0 Å². The third kappa shape index (κ3) is 1.79. The summed E-state index contributed by atoms with van der Waals surface area (Å²) in [4.78, 5) is 10.4. The van der Waals surface area contributed by atoms with Gasteiger partial charge in [-0.3, -0.25) is 0 Å². The summed E-state index contributed by atoms with van der Waals surface area (Å²) < 4.78 is 0. The minimum Gasteiger partial charge on any atom is -0.356 e. The maximum absolute atomic E-state index is 5.95. The summed E-state index contributed by atoms with van der Waals surface area (Å²) in [5.41, 5.74) is 0.845. The molecule has 76 valence electrons. The van der Waals surface area contributed by atoms with Gasteiger partial charge in [0.2, 0.25) is 0 Å². The third-order valence-electron chi connectivity index (χ3n) is 2.41. The van der Waals surface area contributed by atoms with E-state index in [9.17, 15) is 0 Å². The van der Waals surface area contributed by atoms with Crippen LogP contribution in [0.3, 0.4) is 0 Å². The van der Waals surface area contributed by atoms with Gasteiger partial charge in [-0.2, -0.15) is 0 Å². The Morgan fingerprint density at radius 1 is 1.29 bits per heavy atom. The molecule has 1 aromatic rings. The zero-order chi connectivity index (χ0) is 9.97. The molecule has 0 unspecified atom stereocenters. The Morgan fingerprint density at radius 3 is 2.64 bits per heavy atom. The lowest BCUT2D eigenvalue weighted by molar-refractivity contribution is 0.913. The van der Waals surface area contributed by atoms with Crippen LogP contribution in [0.1, 0.15) is 18.4 Å². The molecule has 1 aliphatic rings. The SMILES string of the molecule is ClCc1c(Cl)ncnc1N1CCCC1. The average molecular weight is 232 g/mol. The van der Waals surface area contributed by atoms with Crippen LogP contribution >= 0.6 is 23.2 Å². The number of hydrogen-bond acceptors (Lipinski definition) is 3. The number of halogens is 2. The van der Waals surface area contributed by atoms with Gasteiger partial charge in [-0.25, -0.2) is 9.97 Å². The van der Waals surface area contributed by atoms with Gasteiger partial charge in [-0.1, -0.05) is 11.6 Å². The zero-order valence-electron chi connectivity index (χ0n) is 7.71. The predicted octanol–water partition coefficient (Wildman–Crippen LogP) is 2.47. The molecule has 0 N–H and O–H groups in total. The molecule has 2 rings (SSSR count). The molecule has 0 spiro atoms. The highest BCUT2D eigenvalue weighted by atomic mass is 35.5. The van der Waals surface area contributed by atoms with Crippen molar-refractivity contribution in [1.82, 2.24) is 9.97 Å². The van der Waals surface area contributed by atoms with Crippen LogP contribution in [-0.4, -0.2) is 23.1 Å². The number of rotatable bonds is 2. The van der Waals surface area contributed by atoms with Crippen molar-refractivity contribution in [1.29, 1.82) is 0 Å². The Labute approximate surface area is 93.1 Å². The summed E-state index contributed by atoms with van der Waals surface area (Å²) >= 11 is 11.8.